The lowest BCUT2D eigenvalue weighted by Gasteiger charge is -2.08. The van der Waals surface area contributed by atoms with Crippen molar-refractivity contribution in [2.24, 2.45) is 17.3 Å². The van der Waals surface area contributed by atoms with Crippen molar-refractivity contribution < 1.29 is 40.3 Å². The highest BCUT2D eigenvalue weighted by molar-refractivity contribution is 6.30. The predicted octanol–water partition coefficient (Wildman–Crippen LogP) is 4.64. The molecule has 0 radical (unpaired) electrons. The first-order valence-electron chi connectivity index (χ1n) is 7.08. The molecular weight excluding hydrogens is 395 g/mol. The number of carbonyl (C=O) groups excluding carboxylic acids is 1. The SMILES string of the molecule is CC1(C)C(/C=C(/Cl)C(F)(F)F)C1C(=O)OCc1c(F)c(F)nc(F)c1F. The Balaban J connectivity index is 2.13. The van der Waals surface area contributed by atoms with E-state index in [0.29, 0.717) is 6.08 Å². The second-order valence-electron chi connectivity index (χ2n) is 6.24. The van der Waals surface area contributed by atoms with Crippen LogP contribution in [0.25, 0.3) is 0 Å². The lowest BCUT2D eigenvalue weighted by Crippen LogP contribution is -2.14. The first-order chi connectivity index (χ1) is 11.8. The van der Waals surface area contributed by atoms with Crippen LogP contribution in [0.15, 0.2) is 11.1 Å². The molecule has 1 aliphatic rings. The standard InChI is InChI=1S/C15H11ClF7NO2/c1-14(2)6(3-7(16)15(21,22)23)8(14)13(25)26-4-5-9(17)11(19)24-12(20)10(5)18/h3,6,8H,4H2,1-2H3/b7-3+. The molecule has 3 nitrogen and oxygen atoms in total. The second kappa shape index (κ2) is 6.71. The zero-order valence-corrected chi connectivity index (χ0v) is 14.0. The largest absolute Gasteiger partial charge is 0.460 e. The number of alkyl halides is 3. The van der Waals surface area contributed by atoms with Crippen molar-refractivity contribution in [2.45, 2.75) is 26.6 Å². The number of esters is 1. The third-order valence-electron chi connectivity index (χ3n) is 4.21. The van der Waals surface area contributed by atoms with Gasteiger partial charge in [0.1, 0.15) is 11.6 Å². The maximum Gasteiger partial charge on any atom is 0.426 e. The molecule has 0 aliphatic heterocycles. The molecule has 0 saturated heterocycles. The van der Waals surface area contributed by atoms with E-state index in [1.54, 1.807) is 0 Å². The Morgan fingerprint density at radius 3 is 2.15 bits per heavy atom. The molecule has 26 heavy (non-hydrogen) atoms. The van der Waals surface area contributed by atoms with Gasteiger partial charge in [-0.15, -0.1) is 0 Å². The molecule has 2 rings (SSSR count). The van der Waals surface area contributed by atoms with E-state index in [-0.39, 0.29) is 0 Å². The first kappa shape index (κ1) is 20.5. The van der Waals surface area contributed by atoms with Crippen LogP contribution in [0.2, 0.25) is 0 Å². The second-order valence-corrected chi connectivity index (χ2v) is 6.65. The highest BCUT2D eigenvalue weighted by Gasteiger charge is 2.62. The fraction of sp³-hybridized carbons (Fsp3) is 0.467. The zero-order chi connectivity index (χ0) is 20.0. The van der Waals surface area contributed by atoms with Crippen molar-refractivity contribution in [1.29, 1.82) is 0 Å². The van der Waals surface area contributed by atoms with Gasteiger partial charge in [0.2, 0.25) is 0 Å². The summed E-state index contributed by atoms with van der Waals surface area (Å²) in [6, 6.07) is 0. The van der Waals surface area contributed by atoms with E-state index < -0.39 is 70.1 Å². The smallest absolute Gasteiger partial charge is 0.426 e. The van der Waals surface area contributed by atoms with Gasteiger partial charge in [0.05, 0.1) is 11.5 Å². The quantitative estimate of drug-likeness (QED) is 0.416. The van der Waals surface area contributed by atoms with Gasteiger partial charge < -0.3 is 4.74 Å². The van der Waals surface area contributed by atoms with Crippen LogP contribution in [-0.2, 0) is 16.1 Å². The van der Waals surface area contributed by atoms with Crippen molar-refractivity contribution in [2.75, 3.05) is 0 Å². The van der Waals surface area contributed by atoms with E-state index >= 15 is 0 Å². The van der Waals surface area contributed by atoms with Crippen LogP contribution < -0.4 is 0 Å². The average Bonchev–Trinajstić information content (AvgIpc) is 3.04. The molecule has 1 fully saturated rings. The molecule has 2 atom stereocenters. The Morgan fingerprint density at radius 1 is 1.19 bits per heavy atom. The molecular formula is C15H11ClF7NO2. The monoisotopic (exact) mass is 405 g/mol. The van der Waals surface area contributed by atoms with E-state index in [1.165, 1.54) is 13.8 Å². The number of rotatable bonds is 4. The summed E-state index contributed by atoms with van der Waals surface area (Å²) in [7, 11) is 0. The molecule has 0 amide bonds. The topological polar surface area (TPSA) is 39.2 Å². The van der Waals surface area contributed by atoms with Crippen LogP contribution in [0, 0.1) is 40.8 Å². The molecule has 0 bridgehead atoms. The van der Waals surface area contributed by atoms with E-state index in [9.17, 15) is 35.5 Å². The number of ether oxygens (including phenoxy) is 1. The molecule has 1 aliphatic carbocycles. The number of carbonyl (C=O) groups is 1. The molecule has 144 valence electrons. The van der Waals surface area contributed by atoms with Crippen LogP contribution >= 0.6 is 11.6 Å². The summed E-state index contributed by atoms with van der Waals surface area (Å²) in [6.07, 6.45) is -4.13. The molecule has 0 aromatic carbocycles. The minimum Gasteiger partial charge on any atom is -0.460 e. The summed E-state index contributed by atoms with van der Waals surface area (Å²) in [4.78, 5) is 14.4. The number of hydrogen-bond acceptors (Lipinski definition) is 3. The Kier molecular flexibility index (Phi) is 5.29. The van der Waals surface area contributed by atoms with Gasteiger partial charge in [0.15, 0.2) is 11.6 Å². The van der Waals surface area contributed by atoms with Crippen LogP contribution in [-0.4, -0.2) is 17.1 Å². The van der Waals surface area contributed by atoms with Gasteiger partial charge in [-0.2, -0.15) is 26.9 Å². The lowest BCUT2D eigenvalue weighted by atomic mass is 10.1. The fourth-order valence-electron chi connectivity index (χ4n) is 2.58. The van der Waals surface area contributed by atoms with E-state index in [4.69, 9.17) is 11.6 Å². The normalized spacial score (nSPS) is 22.3. The first-order valence-corrected chi connectivity index (χ1v) is 7.46. The van der Waals surface area contributed by atoms with Crippen molar-refractivity contribution in [3.63, 3.8) is 0 Å². The van der Waals surface area contributed by atoms with Gasteiger partial charge in [0, 0.05) is 0 Å². The van der Waals surface area contributed by atoms with Gasteiger partial charge in [-0.05, 0) is 11.3 Å². The molecule has 1 aromatic rings. The number of halogens is 8. The van der Waals surface area contributed by atoms with Crippen molar-refractivity contribution >= 4 is 17.6 Å². The number of aromatic nitrogens is 1. The Hall–Kier alpha value is -1.84. The third-order valence-corrected chi connectivity index (χ3v) is 4.55. The molecule has 1 saturated carbocycles. The molecule has 1 aromatic heterocycles. The maximum absolute atomic E-state index is 13.5. The van der Waals surface area contributed by atoms with Crippen molar-refractivity contribution in [1.82, 2.24) is 4.98 Å². The Bertz CT molecular complexity index is 750. The van der Waals surface area contributed by atoms with E-state index in [0.717, 1.165) is 0 Å². The van der Waals surface area contributed by atoms with Crippen molar-refractivity contribution in [3.8, 4) is 0 Å². The van der Waals surface area contributed by atoms with Crippen LogP contribution in [0.5, 0.6) is 0 Å². The number of allylic oxidation sites excluding steroid dienone is 2. The molecule has 11 heteroatoms. The zero-order valence-electron chi connectivity index (χ0n) is 13.2. The van der Waals surface area contributed by atoms with Gasteiger partial charge in [-0.3, -0.25) is 4.79 Å². The maximum atomic E-state index is 13.5. The molecule has 0 N–H and O–H groups in total. The predicted molar refractivity (Wildman–Crippen MR) is 74.6 cm³/mol. The van der Waals surface area contributed by atoms with Gasteiger partial charge in [-0.25, -0.2) is 8.78 Å². The fourth-order valence-corrected chi connectivity index (χ4v) is 2.72. The number of pyridine rings is 1. The van der Waals surface area contributed by atoms with E-state index in [1.807, 2.05) is 0 Å². The summed E-state index contributed by atoms with van der Waals surface area (Å²) < 4.78 is 94.9. The third kappa shape index (κ3) is 3.79. The molecule has 2 unspecified atom stereocenters. The minimum absolute atomic E-state index is 0.653. The lowest BCUT2D eigenvalue weighted by molar-refractivity contribution is -0.147. The van der Waals surface area contributed by atoms with Gasteiger partial charge >= 0.3 is 12.1 Å². The summed E-state index contributed by atoms with van der Waals surface area (Å²) in [5.74, 6) is -10.6. The summed E-state index contributed by atoms with van der Waals surface area (Å²) in [5, 5.41) is -1.42. The van der Waals surface area contributed by atoms with Crippen LogP contribution in [0.3, 0.4) is 0 Å². The Morgan fingerprint density at radius 2 is 1.69 bits per heavy atom. The number of hydrogen-bond donors (Lipinski definition) is 0. The minimum atomic E-state index is -4.78. The number of nitrogens with zero attached hydrogens (tertiary/aromatic N) is 1. The van der Waals surface area contributed by atoms with Crippen molar-refractivity contribution in [3.05, 3.63) is 40.2 Å². The summed E-state index contributed by atoms with van der Waals surface area (Å²) in [6.45, 7) is 1.78. The summed E-state index contributed by atoms with van der Waals surface area (Å²) in [5.41, 5.74) is -2.14. The summed E-state index contributed by atoms with van der Waals surface area (Å²) >= 11 is 5.13. The van der Waals surface area contributed by atoms with Crippen LogP contribution in [0.4, 0.5) is 30.7 Å². The highest BCUT2D eigenvalue weighted by atomic mass is 35.5. The highest BCUT2D eigenvalue weighted by Crippen LogP contribution is 2.60. The molecule has 1 heterocycles. The molecule has 0 spiro atoms. The van der Waals surface area contributed by atoms with Gasteiger partial charge in [0.25, 0.3) is 11.9 Å². The Labute approximate surface area is 147 Å². The van der Waals surface area contributed by atoms with Gasteiger partial charge in [-0.1, -0.05) is 31.5 Å². The average molecular weight is 406 g/mol. The van der Waals surface area contributed by atoms with E-state index in [2.05, 4.69) is 9.72 Å². The van der Waals surface area contributed by atoms with Crippen LogP contribution in [0.1, 0.15) is 19.4 Å².